The van der Waals surface area contributed by atoms with Crippen molar-refractivity contribution >= 4 is 28.7 Å². The van der Waals surface area contributed by atoms with E-state index in [2.05, 4.69) is 25.2 Å². The van der Waals surface area contributed by atoms with E-state index in [1.54, 1.807) is 17.5 Å². The topological polar surface area (TPSA) is 147 Å². The molecule has 10 heteroatoms. The number of pyridine rings is 2. The SMILES string of the molecule is N#Cc1c(N)cc(C(=O)NCC2CCN(Cc3cnc(-c4ccccn4)s3)CC2)nc1N. The van der Waals surface area contributed by atoms with E-state index < -0.39 is 0 Å². The molecule has 3 aromatic heterocycles. The fourth-order valence-corrected chi connectivity index (χ4v) is 4.64. The molecule has 1 aliphatic rings. The minimum atomic E-state index is -0.331. The third kappa shape index (κ3) is 5.01. The predicted octanol–water partition coefficient (Wildman–Crippen LogP) is 2.28. The van der Waals surface area contributed by atoms with Gasteiger partial charge in [0.25, 0.3) is 5.91 Å². The lowest BCUT2D eigenvalue weighted by Gasteiger charge is -2.31. The summed E-state index contributed by atoms with van der Waals surface area (Å²) in [5.74, 6) is 0.0380. The second-order valence-corrected chi connectivity index (χ2v) is 8.86. The number of hydrogen-bond acceptors (Lipinski definition) is 9. The van der Waals surface area contributed by atoms with Crippen LogP contribution in [0, 0.1) is 17.2 Å². The Morgan fingerprint density at radius 3 is 2.78 bits per heavy atom. The molecule has 1 fully saturated rings. The van der Waals surface area contributed by atoms with E-state index in [0.29, 0.717) is 12.5 Å². The van der Waals surface area contributed by atoms with Crippen molar-refractivity contribution < 1.29 is 4.79 Å². The van der Waals surface area contributed by atoms with Crippen molar-refractivity contribution in [2.24, 2.45) is 5.92 Å². The summed E-state index contributed by atoms with van der Waals surface area (Å²) in [5.41, 5.74) is 12.8. The van der Waals surface area contributed by atoms with Gasteiger partial charge in [0.2, 0.25) is 0 Å². The summed E-state index contributed by atoms with van der Waals surface area (Å²) >= 11 is 1.68. The van der Waals surface area contributed by atoms with E-state index in [1.165, 1.54) is 10.9 Å². The zero-order chi connectivity index (χ0) is 22.5. The van der Waals surface area contributed by atoms with Gasteiger partial charge < -0.3 is 16.8 Å². The number of nitrogens with zero attached hydrogens (tertiary/aromatic N) is 5. The van der Waals surface area contributed by atoms with Gasteiger partial charge in [0.1, 0.15) is 28.2 Å². The van der Waals surface area contributed by atoms with E-state index in [1.807, 2.05) is 30.5 Å². The number of anilines is 2. The van der Waals surface area contributed by atoms with Gasteiger partial charge in [-0.2, -0.15) is 5.26 Å². The summed E-state index contributed by atoms with van der Waals surface area (Å²) in [6, 6.07) is 9.12. The number of carbonyl (C=O) groups excluding carboxylic acids is 1. The molecule has 1 amide bonds. The molecular formula is C22H24N8OS. The summed E-state index contributed by atoms with van der Waals surface area (Å²) in [5, 5.41) is 12.9. The van der Waals surface area contributed by atoms with Crippen LogP contribution in [0.5, 0.6) is 0 Å². The molecule has 0 saturated carbocycles. The Morgan fingerprint density at radius 2 is 2.09 bits per heavy atom. The number of amides is 1. The minimum Gasteiger partial charge on any atom is -0.397 e. The summed E-state index contributed by atoms with van der Waals surface area (Å²) in [6.45, 7) is 3.37. The molecular weight excluding hydrogens is 424 g/mol. The number of likely N-dealkylation sites (tertiary alicyclic amines) is 1. The summed E-state index contributed by atoms with van der Waals surface area (Å²) in [4.78, 5) is 28.9. The average molecular weight is 449 g/mol. The van der Waals surface area contributed by atoms with E-state index in [4.69, 9.17) is 16.7 Å². The molecule has 0 radical (unpaired) electrons. The molecule has 0 atom stereocenters. The Bertz CT molecular complexity index is 1110. The quantitative estimate of drug-likeness (QED) is 0.520. The fourth-order valence-electron chi connectivity index (χ4n) is 3.71. The van der Waals surface area contributed by atoms with Crippen LogP contribution in [0.15, 0.2) is 36.7 Å². The lowest BCUT2D eigenvalue weighted by molar-refractivity contribution is 0.0930. The molecule has 4 rings (SSSR count). The number of hydrogen-bond donors (Lipinski definition) is 3. The second-order valence-electron chi connectivity index (χ2n) is 7.75. The molecule has 3 aromatic rings. The first-order valence-corrected chi connectivity index (χ1v) is 11.2. The van der Waals surface area contributed by atoms with Gasteiger partial charge in [-0.05, 0) is 50.0 Å². The molecule has 9 nitrogen and oxygen atoms in total. The highest BCUT2D eigenvalue weighted by atomic mass is 32.1. The molecule has 32 heavy (non-hydrogen) atoms. The first-order chi connectivity index (χ1) is 15.5. The number of carbonyl (C=O) groups is 1. The molecule has 0 aliphatic carbocycles. The molecule has 1 saturated heterocycles. The second kappa shape index (κ2) is 9.72. The smallest absolute Gasteiger partial charge is 0.270 e. The highest BCUT2D eigenvalue weighted by molar-refractivity contribution is 7.14. The van der Waals surface area contributed by atoms with Gasteiger partial charge in [0.15, 0.2) is 0 Å². The summed E-state index contributed by atoms with van der Waals surface area (Å²) in [6.07, 6.45) is 5.71. The van der Waals surface area contributed by atoms with Crippen molar-refractivity contribution in [1.29, 1.82) is 5.26 Å². The van der Waals surface area contributed by atoms with E-state index >= 15 is 0 Å². The van der Waals surface area contributed by atoms with Crippen molar-refractivity contribution in [2.75, 3.05) is 31.1 Å². The van der Waals surface area contributed by atoms with Crippen LogP contribution in [0.4, 0.5) is 11.5 Å². The number of thiazole rings is 1. The van der Waals surface area contributed by atoms with Crippen molar-refractivity contribution in [3.8, 4) is 16.8 Å². The fraction of sp³-hybridized carbons (Fsp3) is 0.318. The molecule has 0 bridgehead atoms. The van der Waals surface area contributed by atoms with Crippen LogP contribution in [0.25, 0.3) is 10.7 Å². The van der Waals surface area contributed by atoms with Gasteiger partial charge in [-0.1, -0.05) is 6.07 Å². The van der Waals surface area contributed by atoms with Crippen LogP contribution in [-0.4, -0.2) is 45.4 Å². The van der Waals surface area contributed by atoms with Crippen LogP contribution in [0.1, 0.15) is 33.8 Å². The number of rotatable bonds is 6. The maximum Gasteiger partial charge on any atom is 0.270 e. The Morgan fingerprint density at radius 1 is 1.28 bits per heavy atom. The predicted molar refractivity (Wildman–Crippen MR) is 123 cm³/mol. The highest BCUT2D eigenvalue weighted by Crippen LogP contribution is 2.26. The zero-order valence-corrected chi connectivity index (χ0v) is 18.3. The zero-order valence-electron chi connectivity index (χ0n) is 17.5. The van der Waals surface area contributed by atoms with Gasteiger partial charge >= 0.3 is 0 Å². The molecule has 0 unspecified atom stereocenters. The minimum absolute atomic E-state index is 0.0276. The molecule has 4 heterocycles. The summed E-state index contributed by atoms with van der Waals surface area (Å²) < 4.78 is 0. The monoisotopic (exact) mass is 448 g/mol. The van der Waals surface area contributed by atoms with E-state index in [9.17, 15) is 4.79 Å². The first-order valence-electron chi connectivity index (χ1n) is 10.4. The Hall–Kier alpha value is -3.55. The molecule has 5 N–H and O–H groups in total. The van der Waals surface area contributed by atoms with Gasteiger partial charge in [-0.15, -0.1) is 11.3 Å². The largest absolute Gasteiger partial charge is 0.397 e. The van der Waals surface area contributed by atoms with E-state index in [-0.39, 0.29) is 28.7 Å². The number of nitriles is 1. The van der Waals surface area contributed by atoms with Crippen LogP contribution in [-0.2, 0) is 6.54 Å². The molecule has 1 aliphatic heterocycles. The highest BCUT2D eigenvalue weighted by Gasteiger charge is 2.21. The molecule has 0 aromatic carbocycles. The number of aromatic nitrogens is 3. The molecule has 164 valence electrons. The van der Waals surface area contributed by atoms with Gasteiger partial charge in [-0.3, -0.25) is 14.7 Å². The van der Waals surface area contributed by atoms with Gasteiger partial charge in [-0.25, -0.2) is 9.97 Å². The van der Waals surface area contributed by atoms with Gasteiger partial charge in [0, 0.05) is 30.4 Å². The number of nitrogen functional groups attached to an aromatic ring is 2. The standard InChI is InChI=1S/C22H24N8OS/c23-10-16-17(24)9-19(29-20(16)25)21(31)27-11-14-4-7-30(8-5-14)13-15-12-28-22(32-15)18-3-1-2-6-26-18/h1-3,6,9,12,14H,4-5,7-8,11,13H2,(H,27,31)(H4,24,25,29). The van der Waals surface area contributed by atoms with Crippen LogP contribution in [0.3, 0.4) is 0 Å². The van der Waals surface area contributed by atoms with Crippen molar-refractivity contribution in [3.63, 3.8) is 0 Å². The third-order valence-corrected chi connectivity index (χ3v) is 6.50. The number of piperidine rings is 1. The third-order valence-electron chi connectivity index (χ3n) is 5.50. The van der Waals surface area contributed by atoms with Crippen LogP contribution >= 0.6 is 11.3 Å². The lowest BCUT2D eigenvalue weighted by Crippen LogP contribution is -2.38. The normalized spacial score (nSPS) is 14.7. The number of nitrogens with one attached hydrogen (secondary N) is 1. The first kappa shape index (κ1) is 21.7. The van der Waals surface area contributed by atoms with Crippen molar-refractivity contribution in [1.82, 2.24) is 25.2 Å². The van der Waals surface area contributed by atoms with Crippen LogP contribution in [0.2, 0.25) is 0 Å². The van der Waals surface area contributed by atoms with Crippen LogP contribution < -0.4 is 16.8 Å². The summed E-state index contributed by atoms with van der Waals surface area (Å²) in [7, 11) is 0. The van der Waals surface area contributed by atoms with Crippen molar-refractivity contribution in [2.45, 2.75) is 19.4 Å². The number of nitrogens with two attached hydrogens (primary N) is 2. The maximum atomic E-state index is 12.4. The average Bonchev–Trinajstić information content (AvgIpc) is 3.27. The maximum absolute atomic E-state index is 12.4. The molecule has 0 spiro atoms. The van der Waals surface area contributed by atoms with Crippen molar-refractivity contribution in [3.05, 3.63) is 52.8 Å². The lowest BCUT2D eigenvalue weighted by atomic mass is 9.96. The Labute approximate surface area is 190 Å². The Balaban J connectivity index is 1.25. The van der Waals surface area contributed by atoms with Gasteiger partial charge in [0.05, 0.1) is 11.4 Å². The Kier molecular flexibility index (Phi) is 6.58. The van der Waals surface area contributed by atoms with E-state index in [0.717, 1.165) is 43.2 Å².